The minimum Gasteiger partial charge on any atom is -0.397 e. The number of hydrogen-bond acceptors (Lipinski definition) is 3. The summed E-state index contributed by atoms with van der Waals surface area (Å²) in [6, 6.07) is 10.0. The Bertz CT molecular complexity index is 758. The Kier molecular flexibility index (Phi) is 3.14. The predicted molar refractivity (Wildman–Crippen MR) is 82.0 cm³/mol. The lowest BCUT2D eigenvalue weighted by Crippen LogP contribution is -2.03. The standard InChI is InChI=1S/C16H18N4/c1-3-11-10-12(4-2)20(19-11)15-8-9-18-16-13(15)6-5-7-14(16)17/h5-10H,3-4,17H2,1-2H3. The van der Waals surface area contributed by atoms with E-state index < -0.39 is 0 Å². The molecule has 20 heavy (non-hydrogen) atoms. The second kappa shape index (κ2) is 4.96. The molecule has 0 aliphatic heterocycles. The lowest BCUT2D eigenvalue weighted by Gasteiger charge is -2.10. The zero-order valence-corrected chi connectivity index (χ0v) is 11.8. The van der Waals surface area contributed by atoms with Gasteiger partial charge in [-0.15, -0.1) is 0 Å². The van der Waals surface area contributed by atoms with Crippen molar-refractivity contribution in [1.82, 2.24) is 14.8 Å². The Morgan fingerprint density at radius 1 is 1.15 bits per heavy atom. The van der Waals surface area contributed by atoms with E-state index in [-0.39, 0.29) is 0 Å². The molecule has 3 aromatic rings. The summed E-state index contributed by atoms with van der Waals surface area (Å²) in [6.45, 7) is 4.26. The molecule has 0 spiro atoms. The van der Waals surface area contributed by atoms with Crippen molar-refractivity contribution in [2.45, 2.75) is 26.7 Å². The van der Waals surface area contributed by atoms with E-state index in [0.29, 0.717) is 5.69 Å². The van der Waals surface area contributed by atoms with Crippen LogP contribution in [0, 0.1) is 0 Å². The maximum atomic E-state index is 6.01. The largest absolute Gasteiger partial charge is 0.397 e. The number of nitrogens with zero attached hydrogens (tertiary/aromatic N) is 3. The number of para-hydroxylation sites is 1. The molecular weight excluding hydrogens is 248 g/mol. The van der Waals surface area contributed by atoms with Crippen LogP contribution >= 0.6 is 0 Å². The highest BCUT2D eigenvalue weighted by Crippen LogP contribution is 2.25. The molecule has 1 aromatic carbocycles. The highest BCUT2D eigenvalue weighted by molar-refractivity contribution is 5.94. The number of nitrogens with two attached hydrogens (primary N) is 1. The van der Waals surface area contributed by atoms with Crippen LogP contribution in [0.3, 0.4) is 0 Å². The second-order valence-corrected chi connectivity index (χ2v) is 4.82. The first kappa shape index (κ1) is 12.7. The van der Waals surface area contributed by atoms with E-state index in [9.17, 15) is 0 Å². The number of fused-ring (bicyclic) bond motifs is 1. The van der Waals surface area contributed by atoms with Crippen molar-refractivity contribution in [3.8, 4) is 5.69 Å². The third kappa shape index (κ3) is 1.93. The molecule has 4 heteroatoms. The molecule has 0 saturated heterocycles. The Hall–Kier alpha value is -2.36. The average molecular weight is 266 g/mol. The van der Waals surface area contributed by atoms with Crippen molar-refractivity contribution in [3.63, 3.8) is 0 Å². The number of benzene rings is 1. The summed E-state index contributed by atoms with van der Waals surface area (Å²) in [5, 5.41) is 5.73. The molecule has 0 atom stereocenters. The average Bonchev–Trinajstić information content (AvgIpc) is 2.90. The lowest BCUT2D eigenvalue weighted by atomic mass is 10.1. The normalized spacial score (nSPS) is 11.1. The van der Waals surface area contributed by atoms with Crippen LogP contribution in [0.5, 0.6) is 0 Å². The molecule has 2 heterocycles. The van der Waals surface area contributed by atoms with Gasteiger partial charge >= 0.3 is 0 Å². The molecular formula is C16H18N4. The monoisotopic (exact) mass is 266 g/mol. The van der Waals surface area contributed by atoms with Crippen LogP contribution < -0.4 is 5.73 Å². The maximum Gasteiger partial charge on any atom is 0.0952 e. The van der Waals surface area contributed by atoms with Crippen molar-refractivity contribution in [3.05, 3.63) is 47.9 Å². The van der Waals surface area contributed by atoms with E-state index in [1.54, 1.807) is 6.20 Å². The van der Waals surface area contributed by atoms with Crippen molar-refractivity contribution in [1.29, 1.82) is 0 Å². The van der Waals surface area contributed by atoms with Gasteiger partial charge in [0.2, 0.25) is 0 Å². The van der Waals surface area contributed by atoms with Crippen molar-refractivity contribution < 1.29 is 0 Å². The Morgan fingerprint density at radius 3 is 2.75 bits per heavy atom. The SMILES string of the molecule is CCc1cc(CC)n(-c2ccnc3c(N)cccc23)n1. The van der Waals surface area contributed by atoms with E-state index in [4.69, 9.17) is 10.8 Å². The first-order chi connectivity index (χ1) is 9.74. The number of rotatable bonds is 3. The fourth-order valence-electron chi connectivity index (χ4n) is 2.48. The molecule has 0 radical (unpaired) electrons. The van der Waals surface area contributed by atoms with Crippen LogP contribution in [0.1, 0.15) is 25.2 Å². The summed E-state index contributed by atoms with van der Waals surface area (Å²) in [4.78, 5) is 4.38. The van der Waals surface area contributed by atoms with E-state index in [0.717, 1.165) is 35.1 Å². The van der Waals surface area contributed by atoms with Gasteiger partial charge in [0.05, 0.1) is 22.6 Å². The molecule has 0 bridgehead atoms. The van der Waals surface area contributed by atoms with Gasteiger partial charge < -0.3 is 5.73 Å². The van der Waals surface area contributed by atoms with Gasteiger partial charge in [-0.1, -0.05) is 26.0 Å². The zero-order chi connectivity index (χ0) is 14.1. The zero-order valence-electron chi connectivity index (χ0n) is 11.8. The number of anilines is 1. The van der Waals surface area contributed by atoms with Gasteiger partial charge in [-0.25, -0.2) is 4.68 Å². The minimum atomic E-state index is 0.699. The van der Waals surface area contributed by atoms with Crippen LogP contribution in [0.15, 0.2) is 36.5 Å². The first-order valence-electron chi connectivity index (χ1n) is 6.96. The van der Waals surface area contributed by atoms with E-state index in [2.05, 4.69) is 24.9 Å². The first-order valence-corrected chi connectivity index (χ1v) is 6.96. The molecule has 0 aliphatic carbocycles. The lowest BCUT2D eigenvalue weighted by molar-refractivity contribution is 0.798. The molecule has 3 rings (SSSR count). The van der Waals surface area contributed by atoms with E-state index >= 15 is 0 Å². The fourth-order valence-corrected chi connectivity index (χ4v) is 2.48. The Morgan fingerprint density at radius 2 is 2.00 bits per heavy atom. The number of nitrogen functional groups attached to an aromatic ring is 1. The van der Waals surface area contributed by atoms with Gasteiger partial charge in [0.15, 0.2) is 0 Å². The summed E-state index contributed by atoms with van der Waals surface area (Å²) in [6.07, 6.45) is 3.67. The molecule has 4 nitrogen and oxygen atoms in total. The van der Waals surface area contributed by atoms with Crippen molar-refractivity contribution in [2.75, 3.05) is 5.73 Å². The van der Waals surface area contributed by atoms with Crippen molar-refractivity contribution in [2.24, 2.45) is 0 Å². The summed E-state index contributed by atoms with van der Waals surface area (Å²) in [7, 11) is 0. The Balaban J connectivity index is 2.29. The maximum absolute atomic E-state index is 6.01. The van der Waals surface area contributed by atoms with Crippen LogP contribution in [0.4, 0.5) is 5.69 Å². The minimum absolute atomic E-state index is 0.699. The third-order valence-electron chi connectivity index (χ3n) is 3.57. The van der Waals surface area contributed by atoms with E-state index in [1.807, 2.05) is 28.9 Å². The highest BCUT2D eigenvalue weighted by Gasteiger charge is 2.11. The highest BCUT2D eigenvalue weighted by atomic mass is 15.3. The van der Waals surface area contributed by atoms with Crippen LogP contribution in [-0.4, -0.2) is 14.8 Å². The topological polar surface area (TPSA) is 56.7 Å². The van der Waals surface area contributed by atoms with E-state index in [1.165, 1.54) is 5.69 Å². The molecule has 102 valence electrons. The summed E-state index contributed by atoms with van der Waals surface area (Å²) < 4.78 is 2.02. The molecule has 2 aromatic heterocycles. The van der Waals surface area contributed by atoms with Crippen LogP contribution in [0.25, 0.3) is 16.6 Å². The molecule has 0 saturated carbocycles. The van der Waals surface area contributed by atoms with Crippen LogP contribution in [-0.2, 0) is 12.8 Å². The van der Waals surface area contributed by atoms with Crippen LogP contribution in [0.2, 0.25) is 0 Å². The van der Waals surface area contributed by atoms with Gasteiger partial charge in [0, 0.05) is 17.3 Å². The summed E-state index contributed by atoms with van der Waals surface area (Å²) in [5.41, 5.74) is 10.9. The van der Waals surface area contributed by atoms with Crippen molar-refractivity contribution >= 4 is 16.6 Å². The van der Waals surface area contributed by atoms with Gasteiger partial charge in [-0.2, -0.15) is 5.10 Å². The molecule has 0 amide bonds. The summed E-state index contributed by atoms with van der Waals surface area (Å²) in [5.74, 6) is 0. The van der Waals surface area contributed by atoms with Gasteiger partial charge in [0.1, 0.15) is 0 Å². The number of aromatic nitrogens is 3. The molecule has 2 N–H and O–H groups in total. The number of hydrogen-bond donors (Lipinski definition) is 1. The third-order valence-corrected chi connectivity index (χ3v) is 3.57. The molecule has 0 aliphatic rings. The second-order valence-electron chi connectivity index (χ2n) is 4.82. The number of aryl methyl sites for hydroxylation is 2. The molecule has 0 fully saturated rings. The van der Waals surface area contributed by atoms with Gasteiger partial charge in [0.25, 0.3) is 0 Å². The van der Waals surface area contributed by atoms with Gasteiger partial charge in [-0.3, -0.25) is 4.98 Å². The number of pyridine rings is 1. The quantitative estimate of drug-likeness (QED) is 0.741. The van der Waals surface area contributed by atoms with Gasteiger partial charge in [-0.05, 0) is 31.0 Å². The smallest absolute Gasteiger partial charge is 0.0952 e. The summed E-state index contributed by atoms with van der Waals surface area (Å²) >= 11 is 0. The predicted octanol–water partition coefficient (Wildman–Crippen LogP) is 3.13. The fraction of sp³-hybridized carbons (Fsp3) is 0.250. The Labute approximate surface area is 118 Å². The molecule has 0 unspecified atom stereocenters.